The summed E-state index contributed by atoms with van der Waals surface area (Å²) in [6.07, 6.45) is 0.906. The van der Waals surface area contributed by atoms with Crippen LogP contribution in [-0.4, -0.2) is 23.2 Å². The number of aliphatic carboxylic acids is 2. The average molecular weight is 425 g/mol. The molecule has 0 bridgehead atoms. The normalized spacial score (nSPS) is 11.1. The van der Waals surface area contributed by atoms with Crippen LogP contribution in [0.5, 0.6) is 0 Å². The third-order valence-electron chi connectivity index (χ3n) is 3.45. The van der Waals surface area contributed by atoms with Gasteiger partial charge in [-0.15, -0.1) is 0 Å². The Kier molecular flexibility index (Phi) is 10.7. The van der Waals surface area contributed by atoms with E-state index in [1.807, 2.05) is 36.4 Å². The molecule has 1 atom stereocenters. The van der Waals surface area contributed by atoms with Crippen molar-refractivity contribution in [2.45, 2.75) is 6.92 Å². The van der Waals surface area contributed by atoms with Crippen LogP contribution in [0.3, 0.4) is 0 Å². The summed E-state index contributed by atoms with van der Waals surface area (Å²) in [5.41, 5.74) is 0. The van der Waals surface area contributed by atoms with E-state index >= 15 is 0 Å². The summed E-state index contributed by atoms with van der Waals surface area (Å²) in [6, 6.07) is 18.1. The Hall–Kier alpha value is -2.03. The monoisotopic (exact) mass is 423 g/mol. The molecular weight excluding hydrogens is 405 g/mol. The number of carbonyl (C=O) groups is 2. The Labute approximate surface area is 165 Å². The Morgan fingerprint density at radius 1 is 1.08 bits per heavy atom. The summed E-state index contributed by atoms with van der Waals surface area (Å²) in [7, 11) is -2.95. The summed E-state index contributed by atoms with van der Waals surface area (Å²) < 4.78 is 13.4. The van der Waals surface area contributed by atoms with Gasteiger partial charge in [-0.3, -0.25) is 0 Å². The topological polar surface area (TPSA) is 94.5 Å². The first-order valence-corrected chi connectivity index (χ1v) is 9.47. The molecule has 0 heterocycles. The second-order valence-corrected chi connectivity index (χ2v) is 8.23. The number of benzene rings is 2. The van der Waals surface area contributed by atoms with Crippen LogP contribution in [0.2, 0.25) is 0 Å². The first-order chi connectivity index (χ1) is 11.8. The molecule has 5 nitrogen and oxygen atoms in total. The van der Waals surface area contributed by atoms with Crippen molar-refractivity contribution >= 4 is 29.7 Å². The van der Waals surface area contributed by atoms with E-state index in [2.05, 4.69) is 6.58 Å². The zero-order chi connectivity index (χ0) is 18.9. The Morgan fingerprint density at radius 3 is 1.69 bits per heavy atom. The van der Waals surface area contributed by atoms with Crippen LogP contribution in [0.15, 0.2) is 73.3 Å². The van der Waals surface area contributed by atoms with Gasteiger partial charge in [0.15, 0.2) is 0 Å². The number of carbonyl (C=O) groups excluding carboxylic acids is 1. The molecule has 132 valence electrons. The van der Waals surface area contributed by atoms with E-state index in [0.29, 0.717) is 10.6 Å². The van der Waals surface area contributed by atoms with Gasteiger partial charge >= 0.3 is 25.4 Å². The van der Waals surface area contributed by atoms with Gasteiger partial charge in [-0.1, -0.05) is 74.2 Å². The molecule has 1 unspecified atom stereocenters. The van der Waals surface area contributed by atoms with E-state index in [4.69, 9.17) is 5.11 Å². The first kappa shape index (κ1) is 24.0. The molecule has 2 aromatic rings. The molecule has 2 rings (SSSR count). The van der Waals surface area contributed by atoms with Gasteiger partial charge < -0.3 is 19.6 Å². The fraction of sp³-hybridized carbons (Fsp3) is 0.158. The SMILES string of the molecule is C=CC(=O)O.CC(CP(=O)(c1ccccc1)c1ccccc1)C(=O)[O-].[Zn+2]. The molecule has 0 aliphatic heterocycles. The fourth-order valence-corrected chi connectivity index (χ4v) is 5.11. The van der Waals surface area contributed by atoms with Crippen molar-refractivity contribution < 1.29 is 43.8 Å². The van der Waals surface area contributed by atoms with E-state index < -0.39 is 25.0 Å². The standard InChI is InChI=1S/C16H17O3P.C3H4O2.Zn/c1-13(16(17)18)12-20(19,14-8-4-2-5-9-14)15-10-6-3-7-11-15;1-2-3(4)5;/h2-11,13H,12H2,1H3,(H,17,18);2H,1H2,(H,4,5);/q;;+2/p-1. The third-order valence-corrected chi connectivity index (χ3v) is 6.78. The van der Waals surface area contributed by atoms with Crippen molar-refractivity contribution in [3.05, 3.63) is 73.3 Å². The quantitative estimate of drug-likeness (QED) is 0.432. The fourth-order valence-electron chi connectivity index (χ4n) is 2.16. The molecule has 0 spiro atoms. The van der Waals surface area contributed by atoms with Crippen LogP contribution >= 0.6 is 7.14 Å². The van der Waals surface area contributed by atoms with Crippen molar-refractivity contribution in [3.8, 4) is 0 Å². The van der Waals surface area contributed by atoms with E-state index in [-0.39, 0.29) is 25.6 Å². The maximum atomic E-state index is 13.4. The molecule has 1 N–H and O–H groups in total. The van der Waals surface area contributed by atoms with Gasteiger partial charge in [0.1, 0.15) is 7.14 Å². The summed E-state index contributed by atoms with van der Waals surface area (Å²) in [5, 5.41) is 20.0. The third kappa shape index (κ3) is 7.07. The smallest absolute Gasteiger partial charge is 0.550 e. The first-order valence-electron chi connectivity index (χ1n) is 7.57. The Bertz CT molecular complexity index is 719. The van der Waals surface area contributed by atoms with Crippen molar-refractivity contribution in [3.63, 3.8) is 0 Å². The van der Waals surface area contributed by atoms with Crippen molar-refractivity contribution in [1.29, 1.82) is 0 Å². The van der Waals surface area contributed by atoms with Crippen LogP contribution in [0.1, 0.15) is 6.92 Å². The molecule has 7 heteroatoms. The minimum Gasteiger partial charge on any atom is -0.550 e. The molecule has 26 heavy (non-hydrogen) atoms. The van der Waals surface area contributed by atoms with Crippen molar-refractivity contribution in [2.24, 2.45) is 5.92 Å². The molecule has 0 amide bonds. The predicted molar refractivity (Wildman–Crippen MR) is 96.6 cm³/mol. The molecule has 0 aliphatic carbocycles. The van der Waals surface area contributed by atoms with Crippen LogP contribution in [-0.2, 0) is 33.6 Å². The van der Waals surface area contributed by atoms with E-state index in [1.54, 1.807) is 24.3 Å². The minimum atomic E-state index is -2.95. The average Bonchev–Trinajstić information content (AvgIpc) is 2.63. The summed E-state index contributed by atoms with van der Waals surface area (Å²) >= 11 is 0. The van der Waals surface area contributed by atoms with Gasteiger partial charge in [0, 0.05) is 34.7 Å². The van der Waals surface area contributed by atoms with Crippen LogP contribution in [0.25, 0.3) is 0 Å². The molecular formula is C19H20O5PZn+. The maximum Gasteiger partial charge on any atom is 2.00 e. The summed E-state index contributed by atoms with van der Waals surface area (Å²) in [5.74, 6) is -2.91. The maximum absolute atomic E-state index is 13.4. The van der Waals surface area contributed by atoms with E-state index in [9.17, 15) is 19.3 Å². The molecule has 0 saturated carbocycles. The minimum absolute atomic E-state index is 0. The Balaban J connectivity index is 0.000000923. The van der Waals surface area contributed by atoms with Gasteiger partial charge in [0.05, 0.1) is 0 Å². The molecule has 0 aliphatic rings. The van der Waals surface area contributed by atoms with Crippen molar-refractivity contribution in [2.75, 3.05) is 6.16 Å². The number of carboxylic acids is 2. The zero-order valence-corrected chi connectivity index (χ0v) is 18.4. The molecule has 0 radical (unpaired) electrons. The second-order valence-electron chi connectivity index (χ2n) is 5.36. The summed E-state index contributed by atoms with van der Waals surface area (Å²) in [4.78, 5) is 20.3. The van der Waals surface area contributed by atoms with E-state index in [0.717, 1.165) is 6.08 Å². The predicted octanol–water partition coefficient (Wildman–Crippen LogP) is 1.64. The molecule has 0 aromatic heterocycles. The van der Waals surface area contributed by atoms with Gasteiger partial charge in [-0.25, -0.2) is 4.79 Å². The molecule has 0 fully saturated rings. The zero-order valence-electron chi connectivity index (χ0n) is 14.6. The van der Waals surface area contributed by atoms with Gasteiger partial charge in [-0.2, -0.15) is 0 Å². The van der Waals surface area contributed by atoms with Gasteiger partial charge in [-0.05, 0) is 0 Å². The van der Waals surface area contributed by atoms with E-state index in [1.165, 1.54) is 6.92 Å². The van der Waals surface area contributed by atoms with Gasteiger partial charge in [0.25, 0.3) is 0 Å². The number of rotatable bonds is 6. The van der Waals surface area contributed by atoms with Crippen molar-refractivity contribution in [1.82, 2.24) is 0 Å². The van der Waals surface area contributed by atoms with Crippen LogP contribution in [0, 0.1) is 5.92 Å². The van der Waals surface area contributed by atoms with Crippen LogP contribution < -0.4 is 15.7 Å². The second kappa shape index (κ2) is 11.6. The number of carboxylic acid groups (broad SMARTS) is 2. The molecule has 2 aromatic carbocycles. The Morgan fingerprint density at radius 2 is 1.42 bits per heavy atom. The number of hydrogen-bond acceptors (Lipinski definition) is 4. The largest absolute Gasteiger partial charge is 2.00 e. The molecule has 0 saturated heterocycles. The summed E-state index contributed by atoms with van der Waals surface area (Å²) in [6.45, 7) is 4.50. The van der Waals surface area contributed by atoms with Gasteiger partial charge in [0.2, 0.25) is 0 Å². The number of hydrogen-bond donors (Lipinski definition) is 1. The van der Waals surface area contributed by atoms with Crippen LogP contribution in [0.4, 0.5) is 0 Å².